The Hall–Kier alpha value is -9.84. The summed E-state index contributed by atoms with van der Waals surface area (Å²) >= 11 is 0. The number of aliphatic carboxylic acids is 6. The number of rotatable bonds is 15. The van der Waals surface area contributed by atoms with E-state index in [4.69, 9.17) is 45.7 Å². The normalized spacial score (nSPS) is 15.2. The fraction of sp³-hybridized carbons (Fsp3) is 0.467. The number of nitrogens with zero attached hydrogens (tertiary/aromatic N) is 12. The third kappa shape index (κ3) is 17.3. The molecule has 0 radical (unpaired) electrons. The van der Waals surface area contributed by atoms with Crippen LogP contribution in [0.15, 0.2) is 47.7 Å². The minimum absolute atomic E-state index is 0.00185. The van der Waals surface area contributed by atoms with Gasteiger partial charge < -0.3 is 59.7 Å². The molecule has 3 atom stereocenters. The molecule has 6 heterocycles. The second-order valence-electron chi connectivity index (χ2n) is 17.2. The maximum absolute atomic E-state index is 12.0. The highest BCUT2D eigenvalue weighted by Crippen LogP contribution is 2.18. The SMILES string of the molecule is CC(=O)CC(O)(CC(=O)O)C(=O)O.CC(=O)CC(O)(CC(=O)O)C(=O)O.CC(=O)CC(O)(CC(=O)O)C(=O)O.[2H]C([2H])([2H])n1cnc2c1c(=O)n(C)c(=O)n2C.[2H]c1nc2c(c(=O)n(C([2H])([2H])[2H])c(=O)n2C)n1C.[2H]c1nc2c(c(=O)n(C)c(=O)n2C([2H])([2H])[2H])n1C. The summed E-state index contributed by atoms with van der Waals surface area (Å²) in [7, 11) is 8.03. The molecule has 6 aromatic rings. The van der Waals surface area contributed by atoms with Crippen molar-refractivity contribution < 1.29 is 104 Å². The lowest BCUT2D eigenvalue weighted by Gasteiger charge is -2.19. The van der Waals surface area contributed by atoms with E-state index in [-0.39, 0.29) is 50.7 Å². The molecule has 0 saturated carbocycles. The Morgan fingerprint density at radius 3 is 0.975 bits per heavy atom. The molecule has 0 amide bonds. The number of Topliss-reactive ketones (excluding diaryl/α,β-unsaturated/α-hetero) is 3. The summed E-state index contributed by atoms with van der Waals surface area (Å²) in [5.74, 6) is -11.2. The smallest absolute Gasteiger partial charge is 0.336 e. The summed E-state index contributed by atoms with van der Waals surface area (Å²) < 4.78 is 87.7. The third-order valence-electron chi connectivity index (χ3n) is 10.4. The molecule has 36 heteroatoms. The summed E-state index contributed by atoms with van der Waals surface area (Å²) in [5, 5.41) is 77.9. The quantitative estimate of drug-likeness (QED) is 0.0464. The van der Waals surface area contributed by atoms with Crippen molar-refractivity contribution in [3.05, 3.63) is 81.4 Å². The molecular formula is C45H60N12O24. The minimum atomic E-state index is -2.87. The standard InChI is InChI=1S/3C8H10N4O2.3C7H10O6/c3*1-10-4-9-6-5(10)7(13)12(3)8(14)11(6)2;3*1-4(8)2-7(13,6(11)12)3-5(9)10/h3*4H,1-3H3;3*13H,2-3H2,1H3,(H,9,10)(H,11,12)/i3D3,4D;2D3,4D;1D3;;;. The number of fused-ring (bicyclic) bond motifs is 3. The molecule has 0 fully saturated rings. The van der Waals surface area contributed by atoms with Crippen LogP contribution in [0.1, 0.15) is 74.4 Å². The van der Waals surface area contributed by atoms with Crippen molar-refractivity contribution in [1.29, 1.82) is 0 Å². The van der Waals surface area contributed by atoms with Crippen LogP contribution in [0.25, 0.3) is 33.5 Å². The van der Waals surface area contributed by atoms with Gasteiger partial charge in [0, 0.05) is 94.8 Å². The average molecular weight is 1160 g/mol. The number of hydrogen-bond donors (Lipinski definition) is 9. The Labute approximate surface area is 467 Å². The Morgan fingerprint density at radius 2 is 0.691 bits per heavy atom. The van der Waals surface area contributed by atoms with Crippen molar-refractivity contribution >= 4 is 86.7 Å². The summed E-state index contributed by atoms with van der Waals surface area (Å²) in [5.41, 5.74) is -12.8. The number of carboxylic acids is 6. The molecular weight excluding hydrogens is 1090 g/mol. The molecule has 3 unspecified atom stereocenters. The van der Waals surface area contributed by atoms with E-state index in [0.29, 0.717) is 9.13 Å². The van der Waals surface area contributed by atoms with Gasteiger partial charge >= 0.3 is 52.9 Å². The molecule has 6 rings (SSSR count). The maximum atomic E-state index is 12.0. The van der Waals surface area contributed by atoms with Gasteiger partial charge in [0.15, 0.2) is 50.3 Å². The van der Waals surface area contributed by atoms with E-state index < -0.39 is 163 Å². The van der Waals surface area contributed by atoms with Crippen molar-refractivity contribution in [2.24, 2.45) is 63.2 Å². The molecule has 0 spiro atoms. The number of ketones is 3. The predicted octanol–water partition coefficient (Wildman–Crippen LogP) is -5.32. The van der Waals surface area contributed by atoms with E-state index in [1.807, 2.05) is 0 Å². The largest absolute Gasteiger partial charge is 0.481 e. The number of carbonyl (C=O) groups is 9. The molecule has 0 aliphatic carbocycles. The van der Waals surface area contributed by atoms with Crippen molar-refractivity contribution in [2.75, 3.05) is 0 Å². The molecule has 81 heavy (non-hydrogen) atoms. The van der Waals surface area contributed by atoms with Crippen molar-refractivity contribution in [3.8, 4) is 0 Å². The molecule has 444 valence electrons. The van der Waals surface area contributed by atoms with Gasteiger partial charge in [0.05, 0.1) is 38.2 Å². The van der Waals surface area contributed by atoms with E-state index in [9.17, 15) is 87.2 Å². The van der Waals surface area contributed by atoms with Gasteiger partial charge in [-0.15, -0.1) is 0 Å². The zero-order chi connectivity index (χ0) is 72.5. The topological polar surface area (TPSA) is 521 Å². The fourth-order valence-electron chi connectivity index (χ4n) is 6.51. The Kier molecular flexibility index (Phi) is 17.7. The van der Waals surface area contributed by atoms with E-state index in [1.54, 1.807) is 0 Å². The Balaban J connectivity index is 0.000000556. The van der Waals surface area contributed by atoms with Crippen LogP contribution in [-0.2, 0) is 106 Å². The summed E-state index contributed by atoms with van der Waals surface area (Å²) in [6.07, 6.45) is -4.52. The van der Waals surface area contributed by atoms with Crippen molar-refractivity contribution in [1.82, 2.24) is 56.1 Å². The van der Waals surface area contributed by atoms with E-state index >= 15 is 0 Å². The first-order valence-corrected chi connectivity index (χ1v) is 21.9. The van der Waals surface area contributed by atoms with E-state index in [1.165, 1.54) is 42.3 Å². The first kappa shape index (κ1) is 51.9. The van der Waals surface area contributed by atoms with Crippen LogP contribution in [-0.4, -0.2) is 172 Å². The first-order valence-electron chi connectivity index (χ1n) is 27.4. The van der Waals surface area contributed by atoms with Crippen LogP contribution in [0.2, 0.25) is 0 Å². The van der Waals surface area contributed by atoms with Gasteiger partial charge in [-0.25, -0.2) is 43.7 Å². The van der Waals surface area contributed by atoms with Crippen LogP contribution < -0.4 is 33.7 Å². The van der Waals surface area contributed by atoms with Crippen LogP contribution in [0.3, 0.4) is 0 Å². The lowest BCUT2D eigenvalue weighted by atomic mass is 9.94. The van der Waals surface area contributed by atoms with Gasteiger partial charge in [-0.3, -0.25) is 70.6 Å². The van der Waals surface area contributed by atoms with Crippen LogP contribution in [0.5, 0.6) is 0 Å². The second-order valence-corrected chi connectivity index (χ2v) is 17.2. The van der Waals surface area contributed by atoms with Crippen molar-refractivity contribution in [2.45, 2.75) is 76.1 Å². The highest BCUT2D eigenvalue weighted by Gasteiger charge is 2.41. The molecule has 0 aliphatic heterocycles. The predicted molar refractivity (Wildman–Crippen MR) is 274 cm³/mol. The summed E-state index contributed by atoms with van der Waals surface area (Å²) in [6.45, 7) is -4.90. The van der Waals surface area contributed by atoms with E-state index in [0.717, 1.165) is 54.5 Å². The number of hydrogen-bond acceptors (Lipinski definition) is 21. The molecule has 0 bridgehead atoms. The molecule has 36 nitrogen and oxygen atoms in total. The van der Waals surface area contributed by atoms with Crippen molar-refractivity contribution in [3.63, 3.8) is 0 Å². The highest BCUT2D eigenvalue weighted by molar-refractivity contribution is 5.91. The van der Waals surface area contributed by atoms with Gasteiger partial charge in [-0.05, 0) is 20.8 Å². The van der Waals surface area contributed by atoms with Gasteiger partial charge in [0.25, 0.3) is 16.7 Å². The summed E-state index contributed by atoms with van der Waals surface area (Å²) in [4.78, 5) is 176. The average Bonchev–Trinajstić information content (AvgIpc) is 1.55. The van der Waals surface area contributed by atoms with Crippen LogP contribution in [0.4, 0.5) is 0 Å². The minimum Gasteiger partial charge on any atom is -0.481 e. The zero-order valence-corrected chi connectivity index (χ0v) is 43.8. The number of aromatic nitrogens is 12. The van der Waals surface area contributed by atoms with Gasteiger partial charge in [-0.2, -0.15) is 0 Å². The lowest BCUT2D eigenvalue weighted by Crippen LogP contribution is -2.42. The third-order valence-corrected chi connectivity index (χ3v) is 10.4. The molecule has 0 saturated heterocycles. The lowest BCUT2D eigenvalue weighted by molar-refractivity contribution is -0.167. The summed E-state index contributed by atoms with van der Waals surface area (Å²) in [6, 6.07) is 0. The number of carboxylic acid groups (broad SMARTS) is 6. The van der Waals surface area contributed by atoms with Gasteiger partial charge in [0.1, 0.15) is 20.1 Å². The van der Waals surface area contributed by atoms with Gasteiger partial charge in [-0.1, -0.05) is 0 Å². The maximum Gasteiger partial charge on any atom is 0.336 e. The second kappa shape index (κ2) is 27.7. The molecule has 0 aliphatic rings. The Morgan fingerprint density at radius 1 is 0.420 bits per heavy atom. The number of imidazole rings is 3. The number of aliphatic hydroxyl groups is 3. The number of aryl methyl sites for hydroxylation is 6. The fourth-order valence-corrected chi connectivity index (χ4v) is 6.51. The van der Waals surface area contributed by atoms with Crippen LogP contribution >= 0.6 is 0 Å². The molecule has 6 aromatic heterocycles. The van der Waals surface area contributed by atoms with Crippen LogP contribution in [0, 0.1) is 0 Å². The Bertz CT molecular complexity index is 4110. The molecule has 0 aromatic carbocycles. The molecule has 9 N–H and O–H groups in total. The van der Waals surface area contributed by atoms with Gasteiger partial charge in [0.2, 0.25) is 0 Å². The number of carbonyl (C=O) groups excluding carboxylic acids is 3. The monoisotopic (exact) mass is 1160 g/mol. The highest BCUT2D eigenvalue weighted by atomic mass is 16.4. The zero-order valence-electron chi connectivity index (χ0n) is 54.8. The van der Waals surface area contributed by atoms with E-state index in [2.05, 4.69) is 15.0 Å². The first-order chi connectivity index (χ1) is 41.4.